The molecule has 0 fully saturated rings. The predicted octanol–water partition coefficient (Wildman–Crippen LogP) is 1.78. The second-order valence-corrected chi connectivity index (χ2v) is 9.31. The van der Waals surface area contributed by atoms with Crippen LogP contribution in [0.15, 0.2) is 83.9 Å². The number of benzene rings is 4. The first kappa shape index (κ1) is 30.6. The molecule has 0 saturated heterocycles. The minimum absolute atomic E-state index is 0. The van der Waals surface area contributed by atoms with E-state index in [1.54, 1.807) is 0 Å². The van der Waals surface area contributed by atoms with E-state index in [2.05, 4.69) is 112 Å². The molecule has 4 aromatic carbocycles. The van der Waals surface area contributed by atoms with Gasteiger partial charge < -0.3 is 24.8 Å². The van der Waals surface area contributed by atoms with E-state index >= 15 is 0 Å². The monoisotopic (exact) mass is 666 g/mol. The molecule has 2 aliphatic carbocycles. The second kappa shape index (κ2) is 14.2. The molecule has 4 heteroatoms. The topological polar surface area (TPSA) is 0 Å². The standard InChI is InChI=1S/2C14H11.C2H6Si.2ClH.Hf/c2*1-10-8-12-7-6-11-4-2-3-5-13(11)14(12)9-10;1-3-2;;;/h2*2-7H,8H2,1H3;1-2H3;2*1H;/q2*-1;;;;+4/p-2. The van der Waals surface area contributed by atoms with E-state index in [1.807, 2.05) is 0 Å². The van der Waals surface area contributed by atoms with E-state index in [0.717, 1.165) is 22.4 Å². The van der Waals surface area contributed by atoms with Crippen LogP contribution in [0.3, 0.4) is 0 Å². The van der Waals surface area contributed by atoms with Gasteiger partial charge in [0, 0.05) is 9.52 Å². The zero-order valence-corrected chi connectivity index (χ0v) is 26.2. The molecular weight excluding hydrogens is 638 g/mol. The molecule has 0 heterocycles. The Balaban J connectivity index is 0.000000283. The molecule has 6 rings (SSSR count). The third kappa shape index (κ3) is 6.82. The first-order chi connectivity index (χ1) is 15.1. The molecule has 34 heavy (non-hydrogen) atoms. The zero-order chi connectivity index (χ0) is 21.8. The maximum Gasteiger partial charge on any atom is 4.00 e. The van der Waals surface area contributed by atoms with Gasteiger partial charge in [-0.2, -0.15) is 23.3 Å². The number of allylic oxidation sites excluding steroid dienone is 2. The Bertz CT molecular complexity index is 1210. The summed E-state index contributed by atoms with van der Waals surface area (Å²) in [5.74, 6) is 0. The zero-order valence-electron chi connectivity index (χ0n) is 20.1. The van der Waals surface area contributed by atoms with Gasteiger partial charge in [-0.05, 0) is 0 Å². The van der Waals surface area contributed by atoms with Gasteiger partial charge in [0.05, 0.1) is 0 Å². The maximum absolute atomic E-state index is 3.46. The summed E-state index contributed by atoms with van der Waals surface area (Å²) in [5, 5.41) is 5.30. The Labute approximate surface area is 238 Å². The van der Waals surface area contributed by atoms with Gasteiger partial charge in [0.2, 0.25) is 0 Å². The molecule has 0 bridgehead atoms. The van der Waals surface area contributed by atoms with Crippen molar-refractivity contribution in [1.29, 1.82) is 0 Å². The van der Waals surface area contributed by atoms with E-state index in [4.69, 9.17) is 0 Å². The molecule has 0 aliphatic heterocycles. The summed E-state index contributed by atoms with van der Waals surface area (Å²) in [5.41, 5.74) is 8.14. The summed E-state index contributed by atoms with van der Waals surface area (Å²) >= 11 is 0. The summed E-state index contributed by atoms with van der Waals surface area (Å²) in [6.07, 6.45) is 9.05. The molecular formula is C30H28Cl2HfSi. The Kier molecular flexibility index (Phi) is 12.8. The molecule has 4 aromatic rings. The predicted molar refractivity (Wildman–Crippen MR) is 136 cm³/mol. The smallest absolute Gasteiger partial charge is 1.00 e. The van der Waals surface area contributed by atoms with Crippen LogP contribution in [0.1, 0.15) is 36.1 Å². The van der Waals surface area contributed by atoms with Crippen LogP contribution in [0.5, 0.6) is 0 Å². The fourth-order valence-corrected chi connectivity index (χ4v) is 4.31. The molecule has 0 saturated carbocycles. The Morgan fingerprint density at radius 1 is 0.588 bits per heavy atom. The Morgan fingerprint density at radius 3 is 1.32 bits per heavy atom. The molecule has 0 N–H and O–H groups in total. The third-order valence-corrected chi connectivity index (χ3v) is 5.62. The first-order valence-electron chi connectivity index (χ1n) is 10.9. The van der Waals surface area contributed by atoms with Crippen LogP contribution < -0.4 is 24.8 Å². The number of halogens is 2. The minimum atomic E-state index is 0. The van der Waals surface area contributed by atoms with E-state index in [-0.39, 0.29) is 50.7 Å². The van der Waals surface area contributed by atoms with Crippen LogP contribution in [-0.4, -0.2) is 9.52 Å². The van der Waals surface area contributed by atoms with Gasteiger partial charge in [-0.15, -0.1) is 57.3 Å². The second-order valence-electron chi connectivity index (χ2n) is 8.31. The van der Waals surface area contributed by atoms with E-state index < -0.39 is 0 Å². The normalized spacial score (nSPS) is 12.2. The summed E-state index contributed by atoms with van der Waals surface area (Å²) in [6, 6.07) is 25.9. The van der Waals surface area contributed by atoms with E-state index in [0.29, 0.717) is 0 Å². The van der Waals surface area contributed by atoms with Crippen molar-refractivity contribution in [2.45, 2.75) is 39.8 Å². The molecule has 2 aliphatic rings. The maximum atomic E-state index is 3.46. The molecule has 0 amide bonds. The molecule has 0 atom stereocenters. The van der Waals surface area contributed by atoms with Gasteiger partial charge in [-0.25, -0.2) is 0 Å². The number of hydrogen-bond donors (Lipinski definition) is 0. The molecule has 170 valence electrons. The van der Waals surface area contributed by atoms with Gasteiger partial charge in [-0.3, -0.25) is 0 Å². The van der Waals surface area contributed by atoms with Gasteiger partial charge in [0.25, 0.3) is 0 Å². The van der Waals surface area contributed by atoms with Crippen LogP contribution in [0.25, 0.3) is 21.5 Å². The Morgan fingerprint density at radius 2 is 0.941 bits per heavy atom. The fourth-order valence-electron chi connectivity index (χ4n) is 4.31. The average Bonchev–Trinajstić information content (AvgIpc) is 3.36. The minimum Gasteiger partial charge on any atom is -1.00 e. The van der Waals surface area contributed by atoms with E-state index in [9.17, 15) is 0 Å². The number of hydrogen-bond acceptors (Lipinski definition) is 0. The summed E-state index contributed by atoms with van der Waals surface area (Å²) < 4.78 is 0. The van der Waals surface area contributed by atoms with Crippen LogP contribution in [0.4, 0.5) is 0 Å². The van der Waals surface area contributed by atoms with Crippen molar-refractivity contribution < 1.29 is 50.7 Å². The van der Waals surface area contributed by atoms with Crippen LogP contribution >= 0.6 is 0 Å². The number of fused-ring (bicyclic) bond motifs is 6. The van der Waals surface area contributed by atoms with Gasteiger partial charge in [0.1, 0.15) is 0 Å². The SMILES string of the molecule is CC1=[C-]c2c(ccc3ccccc23)C1.CC1=[C-]c2c(ccc3ccccc23)C1.C[Si]C.[Cl-].[Cl-].[Hf+4]. The summed E-state index contributed by atoms with van der Waals surface area (Å²) in [6.45, 7) is 8.60. The average molecular weight is 666 g/mol. The fraction of sp³-hybridized carbons (Fsp3) is 0.200. The quantitative estimate of drug-likeness (QED) is 0.199. The van der Waals surface area contributed by atoms with Crippen LogP contribution in [-0.2, 0) is 38.7 Å². The van der Waals surface area contributed by atoms with Gasteiger partial charge >= 0.3 is 25.8 Å². The van der Waals surface area contributed by atoms with Crippen molar-refractivity contribution >= 4 is 31.1 Å². The van der Waals surface area contributed by atoms with Crippen molar-refractivity contribution in [3.05, 3.63) is 118 Å². The van der Waals surface area contributed by atoms with Crippen molar-refractivity contribution in [2.24, 2.45) is 0 Å². The third-order valence-electron chi connectivity index (χ3n) is 5.62. The first-order valence-corrected chi connectivity index (χ1v) is 12.9. The summed E-state index contributed by atoms with van der Waals surface area (Å²) in [7, 11) is 1.08. The molecule has 0 spiro atoms. The summed E-state index contributed by atoms with van der Waals surface area (Å²) in [4.78, 5) is 0. The largest absolute Gasteiger partial charge is 4.00 e. The van der Waals surface area contributed by atoms with Crippen molar-refractivity contribution in [3.63, 3.8) is 0 Å². The molecule has 0 aromatic heterocycles. The van der Waals surface area contributed by atoms with Crippen LogP contribution in [0.2, 0.25) is 13.1 Å². The van der Waals surface area contributed by atoms with Crippen LogP contribution in [0, 0.1) is 12.2 Å². The van der Waals surface area contributed by atoms with Crippen molar-refractivity contribution in [1.82, 2.24) is 0 Å². The Hall–Kier alpha value is -1.45. The molecule has 0 unspecified atom stereocenters. The van der Waals surface area contributed by atoms with Crippen molar-refractivity contribution in [2.75, 3.05) is 0 Å². The van der Waals surface area contributed by atoms with Gasteiger partial charge in [-0.1, -0.05) is 99.1 Å². The molecule has 2 radical (unpaired) electrons. The number of rotatable bonds is 0. The van der Waals surface area contributed by atoms with Crippen molar-refractivity contribution in [3.8, 4) is 0 Å². The van der Waals surface area contributed by atoms with Gasteiger partial charge in [0.15, 0.2) is 0 Å². The van der Waals surface area contributed by atoms with E-state index in [1.165, 1.54) is 54.9 Å². The molecule has 0 nitrogen and oxygen atoms in total.